The molecule has 0 saturated heterocycles. The fourth-order valence-corrected chi connectivity index (χ4v) is 1.21. The average Bonchev–Trinajstić information content (AvgIpc) is 2.04. The number of fused-ring (bicyclic) bond motifs is 1. The molecule has 0 unspecified atom stereocenters. The van der Waals surface area contributed by atoms with Gasteiger partial charge in [-0.15, -0.1) is 12.6 Å². The minimum Gasteiger partial charge on any atom is -0.334 e. The Morgan fingerprint density at radius 2 is 2.42 bits per heavy atom. The summed E-state index contributed by atoms with van der Waals surface area (Å²) in [7, 11) is 0. The zero-order valence-corrected chi connectivity index (χ0v) is 6.93. The predicted octanol–water partition coefficient (Wildman–Crippen LogP) is 1.01. The van der Waals surface area contributed by atoms with Gasteiger partial charge in [0.1, 0.15) is 5.65 Å². The Labute approximate surface area is 73.9 Å². The van der Waals surface area contributed by atoms with Crippen molar-refractivity contribution in [1.82, 2.24) is 9.97 Å². The molecule has 0 saturated carbocycles. The molecule has 4 heteroatoms. The molecule has 2 aromatic heterocycles. The lowest BCUT2D eigenvalue weighted by Crippen LogP contribution is -2.02. The van der Waals surface area contributed by atoms with Crippen LogP contribution in [0.1, 0.15) is 0 Å². The van der Waals surface area contributed by atoms with Crippen LogP contribution in [-0.2, 0) is 0 Å². The molecule has 0 atom stereocenters. The van der Waals surface area contributed by atoms with E-state index >= 15 is 0 Å². The smallest absolute Gasteiger partial charge is 0.200 e. The highest BCUT2D eigenvalue weighted by Gasteiger charge is 1.98. The first kappa shape index (κ1) is 7.36. The first-order valence-corrected chi connectivity index (χ1v) is 3.81. The number of H-pyrrole nitrogens is 1. The molecule has 3 nitrogen and oxygen atoms in total. The second-order valence-electron chi connectivity index (χ2n) is 2.33. The van der Waals surface area contributed by atoms with E-state index in [0.29, 0.717) is 16.1 Å². The van der Waals surface area contributed by atoms with E-state index in [2.05, 4.69) is 28.7 Å². The van der Waals surface area contributed by atoms with Crippen LogP contribution < -0.4 is 5.43 Å². The van der Waals surface area contributed by atoms with E-state index in [9.17, 15) is 4.79 Å². The first-order chi connectivity index (χ1) is 5.77. The van der Waals surface area contributed by atoms with E-state index in [4.69, 9.17) is 0 Å². The fraction of sp³-hybridized carbons (Fsp3) is 0. The standard InChI is InChI=1S/C8H5N2OS/c11-6-4-7(12)10-8-5(6)2-1-3-9-8/h1-3H,(H2,9,10,11,12). The quantitative estimate of drug-likeness (QED) is 0.590. The minimum atomic E-state index is -0.179. The highest BCUT2D eigenvalue weighted by molar-refractivity contribution is 7.80. The molecular weight excluding hydrogens is 172 g/mol. The summed E-state index contributed by atoms with van der Waals surface area (Å²) in [6, 6.07) is 5.94. The lowest BCUT2D eigenvalue weighted by Gasteiger charge is -1.95. The van der Waals surface area contributed by atoms with Crippen LogP contribution in [0.3, 0.4) is 0 Å². The van der Waals surface area contributed by atoms with Crippen molar-refractivity contribution in [2.45, 2.75) is 5.03 Å². The molecule has 1 radical (unpaired) electrons. The van der Waals surface area contributed by atoms with Gasteiger partial charge < -0.3 is 4.98 Å². The number of aromatic amines is 1. The number of nitrogens with one attached hydrogen (secondary N) is 1. The molecule has 0 fully saturated rings. The van der Waals surface area contributed by atoms with Gasteiger partial charge in [0.2, 0.25) is 0 Å². The van der Waals surface area contributed by atoms with E-state index in [1.165, 1.54) is 0 Å². The molecule has 0 spiro atoms. The van der Waals surface area contributed by atoms with Crippen LogP contribution in [0.25, 0.3) is 11.0 Å². The van der Waals surface area contributed by atoms with Crippen molar-refractivity contribution in [2.75, 3.05) is 0 Å². The van der Waals surface area contributed by atoms with Crippen molar-refractivity contribution < 1.29 is 0 Å². The van der Waals surface area contributed by atoms with Gasteiger partial charge in [-0.25, -0.2) is 4.98 Å². The highest BCUT2D eigenvalue weighted by Crippen LogP contribution is 2.05. The molecule has 0 amide bonds. The molecule has 2 aromatic rings. The monoisotopic (exact) mass is 177 g/mol. The Morgan fingerprint density at radius 1 is 1.58 bits per heavy atom. The predicted molar refractivity (Wildman–Crippen MR) is 48.5 cm³/mol. The van der Waals surface area contributed by atoms with Crippen molar-refractivity contribution in [3.63, 3.8) is 0 Å². The van der Waals surface area contributed by atoms with Crippen LogP contribution >= 0.6 is 12.6 Å². The second kappa shape index (κ2) is 2.64. The van der Waals surface area contributed by atoms with Gasteiger partial charge in [-0.3, -0.25) is 4.79 Å². The molecule has 2 heterocycles. The Hall–Kier alpha value is -1.29. The Balaban J connectivity index is 2.99. The molecular formula is C8H5N2OS. The van der Waals surface area contributed by atoms with Crippen molar-refractivity contribution >= 4 is 23.7 Å². The van der Waals surface area contributed by atoms with Gasteiger partial charge in [0, 0.05) is 6.20 Å². The molecule has 0 aromatic carbocycles. The molecule has 59 valence electrons. The van der Waals surface area contributed by atoms with Gasteiger partial charge >= 0.3 is 0 Å². The number of aromatic nitrogens is 2. The third-order valence-corrected chi connectivity index (χ3v) is 1.74. The van der Waals surface area contributed by atoms with Gasteiger partial charge in [-0.2, -0.15) is 0 Å². The number of thiol groups is 1. The number of nitrogens with zero attached hydrogens (tertiary/aromatic N) is 1. The topological polar surface area (TPSA) is 45.8 Å². The molecule has 0 bridgehead atoms. The normalized spacial score (nSPS) is 10.4. The van der Waals surface area contributed by atoms with Gasteiger partial charge in [0.15, 0.2) is 5.43 Å². The van der Waals surface area contributed by atoms with Crippen LogP contribution in [0.15, 0.2) is 28.2 Å². The number of rotatable bonds is 0. The Kier molecular flexibility index (Phi) is 1.62. The maximum absolute atomic E-state index is 11.2. The lowest BCUT2D eigenvalue weighted by molar-refractivity contribution is 1.14. The van der Waals surface area contributed by atoms with Crippen LogP contribution in [0, 0.1) is 6.07 Å². The van der Waals surface area contributed by atoms with Gasteiger partial charge in [0.25, 0.3) is 0 Å². The number of pyridine rings is 2. The highest BCUT2D eigenvalue weighted by atomic mass is 32.1. The minimum absolute atomic E-state index is 0.179. The third kappa shape index (κ3) is 1.10. The fourth-order valence-electron chi connectivity index (χ4n) is 1.01. The number of hydrogen-bond donors (Lipinski definition) is 2. The molecule has 0 aliphatic rings. The summed E-state index contributed by atoms with van der Waals surface area (Å²) in [6.45, 7) is 0. The van der Waals surface area contributed by atoms with Crippen LogP contribution in [0.5, 0.6) is 0 Å². The average molecular weight is 177 g/mol. The van der Waals surface area contributed by atoms with Gasteiger partial charge in [-0.05, 0) is 12.1 Å². The zero-order valence-electron chi connectivity index (χ0n) is 6.03. The molecule has 0 aliphatic carbocycles. The largest absolute Gasteiger partial charge is 0.334 e. The van der Waals surface area contributed by atoms with E-state index in [1.807, 2.05) is 0 Å². The second-order valence-corrected chi connectivity index (χ2v) is 2.77. The summed E-state index contributed by atoms with van der Waals surface area (Å²) < 4.78 is 0. The van der Waals surface area contributed by atoms with Gasteiger partial charge in [-0.1, -0.05) is 0 Å². The van der Waals surface area contributed by atoms with Crippen molar-refractivity contribution in [1.29, 1.82) is 0 Å². The van der Waals surface area contributed by atoms with Crippen LogP contribution in [-0.4, -0.2) is 9.97 Å². The molecule has 1 N–H and O–H groups in total. The van der Waals surface area contributed by atoms with Gasteiger partial charge in [0.05, 0.1) is 16.5 Å². The molecule has 12 heavy (non-hydrogen) atoms. The summed E-state index contributed by atoms with van der Waals surface area (Å²) in [5.74, 6) is 0. The third-order valence-electron chi connectivity index (χ3n) is 1.52. The SMILES string of the molecule is O=c1[c]c(S)[nH]c2ncccc12. The summed E-state index contributed by atoms with van der Waals surface area (Å²) >= 11 is 3.98. The summed E-state index contributed by atoms with van der Waals surface area (Å²) in [5, 5.41) is 0.946. The molecule has 2 rings (SSSR count). The number of hydrogen-bond acceptors (Lipinski definition) is 3. The summed E-state index contributed by atoms with van der Waals surface area (Å²) in [4.78, 5) is 18.0. The van der Waals surface area contributed by atoms with Crippen molar-refractivity contribution in [2.24, 2.45) is 0 Å². The Bertz CT molecular complexity index is 478. The van der Waals surface area contributed by atoms with Crippen molar-refractivity contribution in [3.8, 4) is 0 Å². The van der Waals surface area contributed by atoms with Crippen LogP contribution in [0.4, 0.5) is 0 Å². The van der Waals surface area contributed by atoms with E-state index < -0.39 is 0 Å². The Morgan fingerprint density at radius 3 is 3.25 bits per heavy atom. The van der Waals surface area contributed by atoms with E-state index in [0.717, 1.165) is 0 Å². The summed E-state index contributed by atoms with van der Waals surface area (Å²) in [6.07, 6.45) is 1.62. The molecule has 0 aliphatic heterocycles. The summed E-state index contributed by atoms with van der Waals surface area (Å²) in [5.41, 5.74) is 0.369. The van der Waals surface area contributed by atoms with E-state index in [-0.39, 0.29) is 5.43 Å². The van der Waals surface area contributed by atoms with Crippen LogP contribution in [0.2, 0.25) is 0 Å². The first-order valence-electron chi connectivity index (χ1n) is 3.36. The van der Waals surface area contributed by atoms with Crippen molar-refractivity contribution in [3.05, 3.63) is 34.6 Å². The lowest BCUT2D eigenvalue weighted by atomic mass is 10.3. The zero-order chi connectivity index (χ0) is 8.55. The maximum atomic E-state index is 11.2. The van der Waals surface area contributed by atoms with E-state index in [1.54, 1.807) is 18.3 Å². The maximum Gasteiger partial charge on any atom is 0.200 e.